The second-order valence-electron chi connectivity index (χ2n) is 4.43. The van der Waals surface area contributed by atoms with E-state index in [1.807, 2.05) is 0 Å². The molecule has 11 heteroatoms. The van der Waals surface area contributed by atoms with Gasteiger partial charge in [0.2, 0.25) is 20.0 Å². The van der Waals surface area contributed by atoms with Gasteiger partial charge in [0.25, 0.3) is 0 Å². The Hall–Kier alpha value is -1.33. The van der Waals surface area contributed by atoms with Crippen LogP contribution in [0.25, 0.3) is 0 Å². The summed E-state index contributed by atoms with van der Waals surface area (Å²) >= 11 is 0. The SMILES string of the molecule is Cc1cccc(OS(C)(=O)=O)c1N(S(C)(=O)=O)S(C)(=O)=O. The van der Waals surface area contributed by atoms with Crippen LogP contribution >= 0.6 is 0 Å². The van der Waals surface area contributed by atoms with Crippen molar-refractivity contribution >= 4 is 35.9 Å². The number of anilines is 1. The molecule has 0 N–H and O–H groups in total. The number of sulfonamides is 2. The van der Waals surface area contributed by atoms with Crippen LogP contribution < -0.4 is 7.89 Å². The highest BCUT2D eigenvalue weighted by molar-refractivity contribution is 8.09. The molecule has 0 aliphatic heterocycles. The van der Waals surface area contributed by atoms with Gasteiger partial charge in [0.1, 0.15) is 5.69 Å². The minimum atomic E-state index is -4.21. The number of nitrogens with zero attached hydrogens (tertiary/aromatic N) is 1. The topological polar surface area (TPSA) is 115 Å². The van der Waals surface area contributed by atoms with Gasteiger partial charge >= 0.3 is 10.1 Å². The van der Waals surface area contributed by atoms with Crippen LogP contribution in [0.3, 0.4) is 0 Å². The molecule has 0 aromatic heterocycles. The molecular weight excluding hydrogens is 342 g/mol. The van der Waals surface area contributed by atoms with Crippen molar-refractivity contribution in [2.75, 3.05) is 22.5 Å². The quantitative estimate of drug-likeness (QED) is 0.684. The average molecular weight is 357 g/mol. The molecule has 0 radical (unpaired) electrons. The smallest absolute Gasteiger partial charge is 0.306 e. The third-order valence-electron chi connectivity index (χ3n) is 2.23. The van der Waals surface area contributed by atoms with Gasteiger partial charge in [0.05, 0.1) is 18.8 Å². The Kier molecular flexibility index (Phi) is 4.61. The van der Waals surface area contributed by atoms with Crippen LogP contribution in [0.15, 0.2) is 18.2 Å². The van der Waals surface area contributed by atoms with Crippen LogP contribution in [0.4, 0.5) is 5.69 Å². The first kappa shape index (κ1) is 17.7. The normalized spacial score (nSPS) is 13.0. The molecule has 0 aliphatic carbocycles. The number of benzene rings is 1. The summed E-state index contributed by atoms with van der Waals surface area (Å²) in [5.74, 6) is -0.381. The maximum atomic E-state index is 11.8. The summed E-state index contributed by atoms with van der Waals surface area (Å²) in [5.41, 5.74) is -0.125. The molecule has 0 amide bonds. The maximum Gasteiger partial charge on any atom is 0.306 e. The first-order valence-electron chi connectivity index (χ1n) is 5.43. The monoisotopic (exact) mass is 357 g/mol. The van der Waals surface area contributed by atoms with Gasteiger partial charge in [-0.15, -0.1) is 0 Å². The van der Waals surface area contributed by atoms with Gasteiger partial charge in [0, 0.05) is 0 Å². The van der Waals surface area contributed by atoms with E-state index in [1.165, 1.54) is 25.1 Å². The van der Waals surface area contributed by atoms with E-state index in [-0.39, 0.29) is 20.7 Å². The Morgan fingerprint density at radius 1 is 0.905 bits per heavy atom. The van der Waals surface area contributed by atoms with Crippen molar-refractivity contribution in [2.45, 2.75) is 6.92 Å². The second kappa shape index (κ2) is 5.46. The van der Waals surface area contributed by atoms with E-state index < -0.39 is 30.2 Å². The Labute approximate surface area is 124 Å². The molecule has 0 saturated heterocycles. The summed E-state index contributed by atoms with van der Waals surface area (Å²) in [6.45, 7) is 1.44. The highest BCUT2D eigenvalue weighted by atomic mass is 32.3. The Morgan fingerprint density at radius 2 is 1.38 bits per heavy atom. The Balaban J connectivity index is 3.75. The molecule has 1 aromatic rings. The van der Waals surface area contributed by atoms with E-state index in [0.29, 0.717) is 12.5 Å². The Bertz CT molecular complexity index is 822. The van der Waals surface area contributed by atoms with E-state index >= 15 is 0 Å². The van der Waals surface area contributed by atoms with E-state index in [9.17, 15) is 25.3 Å². The van der Waals surface area contributed by atoms with E-state index in [0.717, 1.165) is 6.26 Å². The standard InChI is InChI=1S/C10H15NO7S3/c1-8-6-5-7-9(18-21(4,16)17)10(8)11(19(2,12)13)20(3,14)15/h5-7H,1-4H3. The number of aryl methyl sites for hydroxylation is 1. The second-order valence-corrected chi connectivity index (χ2v) is 9.90. The van der Waals surface area contributed by atoms with Crippen molar-refractivity contribution in [1.82, 2.24) is 0 Å². The number of hydrogen-bond acceptors (Lipinski definition) is 7. The third-order valence-corrected chi connectivity index (χ3v) is 5.90. The van der Waals surface area contributed by atoms with Gasteiger partial charge in [-0.25, -0.2) is 16.8 Å². The number of para-hydroxylation sites is 1. The minimum absolute atomic E-state index is 0.149. The lowest BCUT2D eigenvalue weighted by Crippen LogP contribution is -2.36. The van der Waals surface area contributed by atoms with Crippen LogP contribution in [0.1, 0.15) is 5.56 Å². The molecule has 0 fully saturated rings. The third kappa shape index (κ3) is 4.58. The van der Waals surface area contributed by atoms with Gasteiger partial charge in [0.15, 0.2) is 5.75 Å². The predicted octanol–water partition coefficient (Wildman–Crippen LogP) is 0.0590. The molecule has 0 spiro atoms. The van der Waals surface area contributed by atoms with Crippen molar-refractivity contribution in [3.8, 4) is 5.75 Å². The maximum absolute atomic E-state index is 11.8. The molecule has 8 nitrogen and oxygen atoms in total. The molecule has 1 rings (SSSR count). The molecule has 0 aliphatic rings. The van der Waals surface area contributed by atoms with E-state index in [4.69, 9.17) is 0 Å². The highest BCUT2D eigenvalue weighted by Gasteiger charge is 2.32. The molecule has 0 atom stereocenters. The van der Waals surface area contributed by atoms with Gasteiger partial charge in [-0.2, -0.15) is 12.1 Å². The molecule has 0 saturated carbocycles. The zero-order chi connectivity index (χ0) is 16.6. The number of rotatable bonds is 5. The van der Waals surface area contributed by atoms with Crippen molar-refractivity contribution in [3.05, 3.63) is 23.8 Å². The minimum Gasteiger partial charge on any atom is -0.380 e. The first-order valence-corrected chi connectivity index (χ1v) is 10.9. The molecule has 0 heterocycles. The molecule has 120 valence electrons. The van der Waals surface area contributed by atoms with E-state index in [2.05, 4.69) is 4.18 Å². The van der Waals surface area contributed by atoms with Gasteiger partial charge < -0.3 is 4.18 Å². The zero-order valence-electron chi connectivity index (χ0n) is 11.8. The highest BCUT2D eigenvalue weighted by Crippen LogP contribution is 2.35. The largest absolute Gasteiger partial charge is 0.380 e. The average Bonchev–Trinajstić information content (AvgIpc) is 2.16. The van der Waals surface area contributed by atoms with Crippen LogP contribution in [0.2, 0.25) is 0 Å². The van der Waals surface area contributed by atoms with Crippen LogP contribution in [-0.4, -0.2) is 44.0 Å². The van der Waals surface area contributed by atoms with Gasteiger partial charge in [-0.1, -0.05) is 12.1 Å². The summed E-state index contributed by atoms with van der Waals surface area (Å²) in [6.07, 6.45) is 2.17. The number of hydrogen-bond donors (Lipinski definition) is 0. The fourth-order valence-electron chi connectivity index (χ4n) is 1.67. The fourth-order valence-corrected chi connectivity index (χ4v) is 5.23. The predicted molar refractivity (Wildman–Crippen MR) is 78.8 cm³/mol. The molecule has 21 heavy (non-hydrogen) atoms. The molecule has 0 bridgehead atoms. The van der Waals surface area contributed by atoms with Crippen molar-refractivity contribution in [2.24, 2.45) is 0 Å². The lowest BCUT2D eigenvalue weighted by molar-refractivity contribution is 0.493. The molecular formula is C10H15NO7S3. The van der Waals surface area contributed by atoms with E-state index in [1.54, 1.807) is 0 Å². The van der Waals surface area contributed by atoms with Crippen molar-refractivity contribution < 1.29 is 29.4 Å². The summed E-state index contributed by atoms with van der Waals surface area (Å²) < 4.78 is 74.5. The summed E-state index contributed by atoms with van der Waals surface area (Å²) in [4.78, 5) is 0. The van der Waals surface area contributed by atoms with Gasteiger partial charge in [-0.3, -0.25) is 0 Å². The van der Waals surface area contributed by atoms with Crippen LogP contribution in [0, 0.1) is 6.92 Å². The first-order chi connectivity index (χ1) is 9.23. The lowest BCUT2D eigenvalue weighted by Gasteiger charge is -2.23. The van der Waals surface area contributed by atoms with Gasteiger partial charge in [-0.05, 0) is 18.6 Å². The summed E-state index contributed by atoms with van der Waals surface area (Å²) in [7, 11) is -12.4. The molecule has 0 unspecified atom stereocenters. The van der Waals surface area contributed by atoms with Crippen molar-refractivity contribution in [1.29, 1.82) is 0 Å². The van der Waals surface area contributed by atoms with Crippen LogP contribution in [-0.2, 0) is 30.2 Å². The zero-order valence-corrected chi connectivity index (χ0v) is 14.2. The lowest BCUT2D eigenvalue weighted by atomic mass is 10.2. The summed E-state index contributed by atoms with van der Waals surface area (Å²) in [6, 6.07) is 4.03. The van der Waals surface area contributed by atoms with Crippen molar-refractivity contribution in [3.63, 3.8) is 0 Å². The van der Waals surface area contributed by atoms with Crippen LogP contribution in [0.5, 0.6) is 5.75 Å². The Morgan fingerprint density at radius 3 is 1.76 bits per heavy atom. The summed E-state index contributed by atoms with van der Waals surface area (Å²) in [5, 5.41) is 0. The molecule has 1 aromatic carbocycles. The fraction of sp³-hybridized carbons (Fsp3) is 0.400.